The van der Waals surface area contributed by atoms with Crippen LogP contribution in [0.15, 0.2) is 53.7 Å². The molecule has 0 radical (unpaired) electrons. The van der Waals surface area contributed by atoms with E-state index in [-0.39, 0.29) is 30.8 Å². The van der Waals surface area contributed by atoms with Crippen molar-refractivity contribution in [2.24, 2.45) is 0 Å². The highest BCUT2D eigenvalue weighted by atomic mass is 35.5. The molecule has 2 aliphatic rings. The van der Waals surface area contributed by atoms with E-state index in [2.05, 4.69) is 0 Å². The van der Waals surface area contributed by atoms with Gasteiger partial charge in [0.15, 0.2) is 0 Å². The molecule has 2 aromatic rings. The van der Waals surface area contributed by atoms with Crippen molar-refractivity contribution in [2.45, 2.75) is 19.3 Å². The first-order valence-electron chi connectivity index (χ1n) is 8.20. The molecule has 2 aliphatic heterocycles. The number of esters is 1. The smallest absolute Gasteiger partial charge is 0.336 e. The van der Waals surface area contributed by atoms with Crippen LogP contribution in [0.1, 0.15) is 23.5 Å². The van der Waals surface area contributed by atoms with E-state index < -0.39 is 0 Å². The van der Waals surface area contributed by atoms with Crippen molar-refractivity contribution < 1.29 is 14.3 Å². The lowest BCUT2D eigenvalue weighted by Crippen LogP contribution is -2.37. The highest BCUT2D eigenvalue weighted by Crippen LogP contribution is 2.42. The molecule has 0 N–H and O–H groups in total. The molecule has 2 aromatic carbocycles. The van der Waals surface area contributed by atoms with Crippen LogP contribution < -0.4 is 4.90 Å². The molecule has 2 heterocycles. The summed E-state index contributed by atoms with van der Waals surface area (Å²) in [7, 11) is 0. The average Bonchev–Trinajstić information content (AvgIpc) is 2.98. The molecule has 4 rings (SSSR count). The molecule has 0 saturated heterocycles. The molecule has 1 amide bonds. The largest absolute Gasteiger partial charge is 0.456 e. The van der Waals surface area contributed by atoms with Crippen LogP contribution >= 0.6 is 23.2 Å². The molecule has 0 spiro atoms. The maximum Gasteiger partial charge on any atom is 0.336 e. The zero-order valence-electron chi connectivity index (χ0n) is 14.0. The Bertz CT molecular complexity index is 967. The Hall–Kier alpha value is -2.30. The Morgan fingerprint density at radius 2 is 1.88 bits per heavy atom. The van der Waals surface area contributed by atoms with E-state index in [0.717, 1.165) is 16.8 Å². The van der Waals surface area contributed by atoms with E-state index in [1.54, 1.807) is 23.1 Å². The zero-order valence-corrected chi connectivity index (χ0v) is 15.5. The summed E-state index contributed by atoms with van der Waals surface area (Å²) >= 11 is 12.1. The van der Waals surface area contributed by atoms with Crippen molar-refractivity contribution in [3.63, 3.8) is 0 Å². The number of carbonyl (C=O) groups is 2. The number of rotatable bonds is 2. The Balaban J connectivity index is 1.84. The standard InChI is InChI=1S/C20H15Cl2NO3/c1-11-3-2-4-13(7-11)23-17-10-26-20(25)19(17)14(9-18(23)24)12-5-6-15(21)16(22)8-12/h2-8,14H,9-10H2,1H3. The topological polar surface area (TPSA) is 46.6 Å². The molecule has 0 bridgehead atoms. The second-order valence-electron chi connectivity index (χ2n) is 6.43. The lowest BCUT2D eigenvalue weighted by atomic mass is 9.84. The van der Waals surface area contributed by atoms with E-state index in [4.69, 9.17) is 27.9 Å². The summed E-state index contributed by atoms with van der Waals surface area (Å²) in [4.78, 5) is 27.0. The Morgan fingerprint density at radius 1 is 1.08 bits per heavy atom. The monoisotopic (exact) mass is 387 g/mol. The molecular weight excluding hydrogens is 373 g/mol. The number of carbonyl (C=O) groups excluding carboxylic acids is 2. The van der Waals surface area contributed by atoms with Crippen molar-refractivity contribution in [3.8, 4) is 0 Å². The number of amides is 1. The third kappa shape index (κ3) is 2.79. The van der Waals surface area contributed by atoms with Gasteiger partial charge in [0.05, 0.1) is 21.3 Å². The van der Waals surface area contributed by atoms with Crippen LogP contribution in [0.5, 0.6) is 0 Å². The summed E-state index contributed by atoms with van der Waals surface area (Å²) in [6.07, 6.45) is 0.167. The first kappa shape index (κ1) is 17.1. The van der Waals surface area contributed by atoms with Gasteiger partial charge in [0.1, 0.15) is 6.61 Å². The third-order valence-corrected chi connectivity index (χ3v) is 5.46. The van der Waals surface area contributed by atoms with Crippen molar-refractivity contribution in [3.05, 3.63) is 74.9 Å². The van der Waals surface area contributed by atoms with Crippen molar-refractivity contribution in [1.82, 2.24) is 0 Å². The van der Waals surface area contributed by atoms with Gasteiger partial charge >= 0.3 is 5.97 Å². The molecule has 6 heteroatoms. The fourth-order valence-corrected chi connectivity index (χ4v) is 3.84. The Kier molecular flexibility index (Phi) is 4.25. The van der Waals surface area contributed by atoms with Gasteiger partial charge in [-0.25, -0.2) is 4.79 Å². The van der Waals surface area contributed by atoms with Crippen LogP contribution in [0, 0.1) is 6.92 Å². The lowest BCUT2D eigenvalue weighted by Gasteiger charge is -2.32. The van der Waals surface area contributed by atoms with Gasteiger partial charge in [-0.3, -0.25) is 9.69 Å². The van der Waals surface area contributed by atoms with Crippen LogP contribution in [0.3, 0.4) is 0 Å². The first-order chi connectivity index (χ1) is 12.5. The molecule has 132 valence electrons. The third-order valence-electron chi connectivity index (χ3n) is 4.72. The number of cyclic esters (lactones) is 1. The van der Waals surface area contributed by atoms with Gasteiger partial charge in [-0.05, 0) is 42.3 Å². The van der Waals surface area contributed by atoms with Crippen molar-refractivity contribution in [1.29, 1.82) is 0 Å². The fraction of sp³-hybridized carbons (Fsp3) is 0.200. The summed E-state index contributed by atoms with van der Waals surface area (Å²) in [5.41, 5.74) is 3.68. The van der Waals surface area contributed by atoms with Gasteiger partial charge in [0, 0.05) is 18.0 Å². The minimum atomic E-state index is -0.388. The maximum absolute atomic E-state index is 13.0. The molecule has 0 aromatic heterocycles. The number of benzene rings is 2. The van der Waals surface area contributed by atoms with Gasteiger partial charge in [-0.15, -0.1) is 0 Å². The average molecular weight is 388 g/mol. The van der Waals surface area contributed by atoms with E-state index in [0.29, 0.717) is 21.3 Å². The molecule has 26 heavy (non-hydrogen) atoms. The van der Waals surface area contributed by atoms with Gasteiger partial charge in [0.2, 0.25) is 5.91 Å². The van der Waals surface area contributed by atoms with Crippen molar-refractivity contribution >= 4 is 40.8 Å². The summed E-state index contributed by atoms with van der Waals surface area (Å²) in [6.45, 7) is 2.05. The predicted molar refractivity (Wildman–Crippen MR) is 100 cm³/mol. The first-order valence-corrected chi connectivity index (χ1v) is 8.96. The molecule has 0 fully saturated rings. The summed E-state index contributed by atoms with van der Waals surface area (Å²) < 4.78 is 5.27. The minimum absolute atomic E-state index is 0.0799. The van der Waals surface area contributed by atoms with Crippen LogP contribution in [-0.2, 0) is 14.3 Å². The number of hydrogen-bond donors (Lipinski definition) is 0. The molecular formula is C20H15Cl2NO3. The number of ether oxygens (including phenoxy) is 1. The maximum atomic E-state index is 13.0. The Morgan fingerprint density at radius 3 is 2.62 bits per heavy atom. The molecule has 1 atom stereocenters. The van der Waals surface area contributed by atoms with E-state index >= 15 is 0 Å². The summed E-state index contributed by atoms with van der Waals surface area (Å²) in [5, 5.41) is 0.827. The van der Waals surface area contributed by atoms with Crippen LogP contribution in [-0.4, -0.2) is 18.5 Å². The van der Waals surface area contributed by atoms with Gasteiger partial charge in [-0.2, -0.15) is 0 Å². The van der Waals surface area contributed by atoms with Crippen LogP contribution in [0.2, 0.25) is 10.0 Å². The fourth-order valence-electron chi connectivity index (χ4n) is 3.53. The lowest BCUT2D eigenvalue weighted by molar-refractivity contribution is -0.136. The van der Waals surface area contributed by atoms with Gasteiger partial charge in [0.25, 0.3) is 0 Å². The summed E-state index contributed by atoms with van der Waals surface area (Å²) in [6, 6.07) is 12.8. The number of aryl methyl sites for hydroxylation is 1. The number of halogens is 2. The van der Waals surface area contributed by atoms with Gasteiger partial charge in [-0.1, -0.05) is 41.4 Å². The second-order valence-corrected chi connectivity index (χ2v) is 7.25. The molecule has 0 saturated carbocycles. The molecule has 4 nitrogen and oxygen atoms in total. The predicted octanol–water partition coefficient (Wildman–Crippen LogP) is 4.63. The van der Waals surface area contributed by atoms with Crippen LogP contribution in [0.4, 0.5) is 5.69 Å². The summed E-state index contributed by atoms with van der Waals surface area (Å²) in [5.74, 6) is -0.853. The van der Waals surface area contributed by atoms with Crippen LogP contribution in [0.25, 0.3) is 0 Å². The molecule has 0 aliphatic carbocycles. The van der Waals surface area contributed by atoms with E-state index in [1.165, 1.54) is 0 Å². The Labute approximate surface area is 161 Å². The van der Waals surface area contributed by atoms with Crippen molar-refractivity contribution in [2.75, 3.05) is 11.5 Å². The van der Waals surface area contributed by atoms with E-state index in [1.807, 2.05) is 31.2 Å². The number of hydrogen-bond acceptors (Lipinski definition) is 3. The minimum Gasteiger partial charge on any atom is -0.456 e. The number of nitrogens with zero attached hydrogens (tertiary/aromatic N) is 1. The zero-order chi connectivity index (χ0) is 18.4. The number of anilines is 1. The normalized spacial score (nSPS) is 19.7. The highest BCUT2D eigenvalue weighted by molar-refractivity contribution is 6.42. The molecule has 1 unspecified atom stereocenters. The quantitative estimate of drug-likeness (QED) is 0.705. The SMILES string of the molecule is Cc1cccc(N2C(=O)CC(c3ccc(Cl)c(Cl)c3)C3=C2COC3=O)c1. The van der Waals surface area contributed by atoms with E-state index in [9.17, 15) is 9.59 Å². The van der Waals surface area contributed by atoms with Gasteiger partial charge < -0.3 is 4.74 Å². The second kappa shape index (κ2) is 6.45. The highest BCUT2D eigenvalue weighted by Gasteiger charge is 2.43.